The van der Waals surface area contributed by atoms with E-state index in [0.29, 0.717) is 11.5 Å². The standard InChI is InChI=1S/C81H57F2NO2/c1-5-52-19-38-63(39-20-52)85-65-42-27-56(28-43-65)80(54-23-31-58(82)32-24-54)74-17-11-8-14-68(74)71-47-36-61(50-77(71)80)84(60-35-46-70-67-13-7-10-16-73(67)79(3,4)76(70)49-60)62-37-48-72-69-15-9-12-18-75(69)81(78(72)51-62,55-25-33-59(83)34-26-55)57-29-44-66(45-30-57)86-64-40-21-53(6-2)22-41-64/h5-51H,1-2H2,3-4H3. The van der Waals surface area contributed by atoms with Crippen molar-refractivity contribution in [3.05, 3.63) is 365 Å². The fraction of sp³-hybridized carbons (Fsp3) is 0.0617. The van der Waals surface area contributed by atoms with Crippen LogP contribution >= 0.6 is 0 Å². The van der Waals surface area contributed by atoms with E-state index < -0.39 is 10.8 Å². The monoisotopic (exact) mass is 1110 g/mol. The second kappa shape index (κ2) is 20.3. The Morgan fingerprint density at radius 2 is 0.605 bits per heavy atom. The number of halogens is 2. The van der Waals surface area contributed by atoms with Gasteiger partial charge < -0.3 is 14.4 Å². The third-order valence-corrected chi connectivity index (χ3v) is 18.2. The van der Waals surface area contributed by atoms with Crippen LogP contribution in [0.2, 0.25) is 0 Å². The van der Waals surface area contributed by atoms with Gasteiger partial charge in [0.1, 0.15) is 34.6 Å². The SMILES string of the molecule is C=Cc1ccc(Oc2ccc(C3(c4ccc(F)cc4)c4ccccc4-c4ccc(N(c5ccc6c(c5)C(C)(C)c5ccccc5-6)c5ccc6c(c5)C(c5ccc(F)cc5)(c5ccc(Oc7ccc(C=C)cc7)cc5)c5ccccc5-6)cc43)cc2)cc1. The molecule has 3 aliphatic carbocycles. The Balaban J connectivity index is 0.951. The summed E-state index contributed by atoms with van der Waals surface area (Å²) in [6.45, 7) is 12.5. The first kappa shape index (κ1) is 52.2. The van der Waals surface area contributed by atoms with Crippen LogP contribution in [0, 0.1) is 11.6 Å². The van der Waals surface area contributed by atoms with E-state index in [2.05, 4.69) is 184 Å². The summed E-state index contributed by atoms with van der Waals surface area (Å²) < 4.78 is 43.5. The number of fused-ring (bicyclic) bond motifs is 9. The summed E-state index contributed by atoms with van der Waals surface area (Å²) in [5.41, 5.74) is 20.3. The second-order valence-electron chi connectivity index (χ2n) is 23.1. The smallest absolute Gasteiger partial charge is 0.127 e. The first-order valence-corrected chi connectivity index (χ1v) is 29.1. The van der Waals surface area contributed by atoms with Crippen molar-refractivity contribution in [3.63, 3.8) is 0 Å². The van der Waals surface area contributed by atoms with Crippen molar-refractivity contribution in [1.29, 1.82) is 0 Å². The lowest BCUT2D eigenvalue weighted by atomic mass is 9.67. The number of ether oxygens (including phenoxy) is 2. The summed E-state index contributed by atoms with van der Waals surface area (Å²) in [6, 6.07) is 93.1. The van der Waals surface area contributed by atoms with E-state index in [-0.39, 0.29) is 17.0 Å². The molecule has 0 radical (unpaired) electrons. The summed E-state index contributed by atoms with van der Waals surface area (Å²) in [7, 11) is 0. The van der Waals surface area contributed by atoms with Gasteiger partial charge in [-0.2, -0.15) is 0 Å². The zero-order valence-electron chi connectivity index (χ0n) is 47.6. The van der Waals surface area contributed by atoms with Crippen molar-refractivity contribution in [1.82, 2.24) is 0 Å². The maximum Gasteiger partial charge on any atom is 0.127 e. The van der Waals surface area contributed by atoms with Crippen LogP contribution in [0.4, 0.5) is 25.8 Å². The van der Waals surface area contributed by atoms with E-state index >= 15 is 8.78 Å². The van der Waals surface area contributed by atoms with E-state index in [9.17, 15) is 0 Å². The minimum absolute atomic E-state index is 0.294. The summed E-state index contributed by atoms with van der Waals surface area (Å²) in [6.07, 6.45) is 3.63. The van der Waals surface area contributed by atoms with Crippen molar-refractivity contribution in [2.75, 3.05) is 4.90 Å². The molecule has 12 aromatic carbocycles. The van der Waals surface area contributed by atoms with Crippen LogP contribution in [0.3, 0.4) is 0 Å². The van der Waals surface area contributed by atoms with Gasteiger partial charge in [0.25, 0.3) is 0 Å². The average Bonchev–Trinajstić information content (AvgIpc) is 1.60. The highest BCUT2D eigenvalue weighted by molar-refractivity contribution is 5.93. The predicted octanol–water partition coefficient (Wildman–Crippen LogP) is 21.3. The Kier molecular flexibility index (Phi) is 12.3. The fourth-order valence-electron chi connectivity index (χ4n) is 14.2. The highest BCUT2D eigenvalue weighted by Crippen LogP contribution is 2.61. The number of hydrogen-bond acceptors (Lipinski definition) is 3. The minimum Gasteiger partial charge on any atom is -0.457 e. The third kappa shape index (κ3) is 8.14. The molecule has 86 heavy (non-hydrogen) atoms. The van der Waals surface area contributed by atoms with Gasteiger partial charge in [0.05, 0.1) is 10.8 Å². The number of rotatable bonds is 13. The Labute approximate surface area is 500 Å². The molecule has 12 aromatic rings. The van der Waals surface area contributed by atoms with Crippen LogP contribution < -0.4 is 14.4 Å². The molecular formula is C81H57F2NO2. The molecule has 3 nitrogen and oxygen atoms in total. The van der Waals surface area contributed by atoms with Gasteiger partial charge in [0, 0.05) is 22.5 Å². The quantitative estimate of drug-likeness (QED) is 0.115. The molecule has 5 heteroatoms. The van der Waals surface area contributed by atoms with Crippen LogP contribution in [0.25, 0.3) is 45.5 Å². The lowest BCUT2D eigenvalue weighted by Gasteiger charge is -2.36. The maximum atomic E-state index is 15.3. The topological polar surface area (TPSA) is 21.7 Å². The first-order chi connectivity index (χ1) is 42.1. The lowest BCUT2D eigenvalue weighted by molar-refractivity contribution is 0.482. The molecule has 15 rings (SSSR count). The molecule has 412 valence electrons. The van der Waals surface area contributed by atoms with Crippen LogP contribution in [0.1, 0.15) is 80.6 Å². The predicted molar refractivity (Wildman–Crippen MR) is 346 cm³/mol. The van der Waals surface area contributed by atoms with Gasteiger partial charge in [-0.05, 0) is 209 Å². The molecular weight excluding hydrogens is 1060 g/mol. The van der Waals surface area contributed by atoms with Gasteiger partial charge in [-0.25, -0.2) is 8.78 Å². The van der Waals surface area contributed by atoms with Gasteiger partial charge in [0.15, 0.2) is 0 Å². The van der Waals surface area contributed by atoms with Crippen molar-refractivity contribution in [3.8, 4) is 56.4 Å². The molecule has 2 unspecified atom stereocenters. The molecule has 0 spiro atoms. The van der Waals surface area contributed by atoms with Crippen LogP contribution in [0.5, 0.6) is 23.0 Å². The van der Waals surface area contributed by atoms with Gasteiger partial charge in [-0.15, -0.1) is 0 Å². The summed E-state index contributed by atoms with van der Waals surface area (Å²) in [5, 5.41) is 0. The Morgan fingerprint density at radius 1 is 0.314 bits per heavy atom. The van der Waals surface area contributed by atoms with E-state index in [0.717, 1.165) is 106 Å². The molecule has 3 aliphatic rings. The van der Waals surface area contributed by atoms with Gasteiger partial charge in [-0.1, -0.05) is 203 Å². The molecule has 0 heterocycles. The Bertz CT molecular complexity index is 4400. The molecule has 0 aromatic heterocycles. The molecule has 2 atom stereocenters. The zero-order chi connectivity index (χ0) is 58.3. The molecule has 0 aliphatic heterocycles. The Morgan fingerprint density at radius 3 is 0.977 bits per heavy atom. The molecule has 0 bridgehead atoms. The second-order valence-corrected chi connectivity index (χ2v) is 23.1. The van der Waals surface area contributed by atoms with Gasteiger partial charge >= 0.3 is 0 Å². The number of nitrogens with zero attached hydrogens (tertiary/aromatic N) is 1. The van der Waals surface area contributed by atoms with E-state index in [1.54, 1.807) is 24.3 Å². The molecule has 0 saturated heterocycles. The molecule has 0 N–H and O–H groups in total. The first-order valence-electron chi connectivity index (χ1n) is 29.1. The van der Waals surface area contributed by atoms with Crippen LogP contribution in [-0.4, -0.2) is 0 Å². The van der Waals surface area contributed by atoms with Gasteiger partial charge in [-0.3, -0.25) is 0 Å². The number of anilines is 3. The summed E-state index contributed by atoms with van der Waals surface area (Å²) in [4.78, 5) is 2.40. The van der Waals surface area contributed by atoms with Crippen LogP contribution in [-0.2, 0) is 16.2 Å². The number of hydrogen-bond donors (Lipinski definition) is 0. The minimum atomic E-state index is -0.894. The van der Waals surface area contributed by atoms with Gasteiger partial charge in [0.2, 0.25) is 0 Å². The van der Waals surface area contributed by atoms with E-state index in [1.165, 1.54) is 22.3 Å². The Hall–Kier alpha value is -10.6. The third-order valence-electron chi connectivity index (χ3n) is 18.2. The molecule has 0 amide bonds. The lowest BCUT2D eigenvalue weighted by Crippen LogP contribution is -2.29. The fourth-order valence-corrected chi connectivity index (χ4v) is 14.2. The summed E-state index contributed by atoms with van der Waals surface area (Å²) >= 11 is 0. The largest absolute Gasteiger partial charge is 0.457 e. The van der Waals surface area contributed by atoms with E-state index in [1.807, 2.05) is 109 Å². The molecule has 0 saturated carbocycles. The summed E-state index contributed by atoms with van der Waals surface area (Å²) in [5.74, 6) is 2.21. The van der Waals surface area contributed by atoms with Crippen LogP contribution in [0.15, 0.2) is 286 Å². The highest BCUT2D eigenvalue weighted by atomic mass is 19.1. The maximum absolute atomic E-state index is 15.3. The normalized spacial score (nSPS) is 16.2. The number of benzene rings is 12. The van der Waals surface area contributed by atoms with Crippen molar-refractivity contribution < 1.29 is 18.3 Å². The van der Waals surface area contributed by atoms with E-state index in [4.69, 9.17) is 9.47 Å². The average molecular weight is 1110 g/mol. The zero-order valence-corrected chi connectivity index (χ0v) is 47.6. The van der Waals surface area contributed by atoms with Crippen molar-refractivity contribution >= 4 is 29.2 Å². The van der Waals surface area contributed by atoms with Crippen molar-refractivity contribution in [2.45, 2.75) is 30.1 Å². The van der Waals surface area contributed by atoms with Crippen molar-refractivity contribution in [2.24, 2.45) is 0 Å². The highest BCUT2D eigenvalue weighted by Gasteiger charge is 2.49. The molecule has 0 fully saturated rings.